The summed E-state index contributed by atoms with van der Waals surface area (Å²) in [7, 11) is 5.08. The van der Waals surface area contributed by atoms with Gasteiger partial charge in [0.05, 0.1) is 19.3 Å². The maximum atomic E-state index is 11.8. The first kappa shape index (κ1) is 26.4. The number of carbonyl (C=O) groups excluding carboxylic acids is 1. The van der Waals surface area contributed by atoms with Gasteiger partial charge in [0, 0.05) is 27.7 Å². The van der Waals surface area contributed by atoms with E-state index in [1.807, 2.05) is 31.2 Å². The lowest BCUT2D eigenvalue weighted by molar-refractivity contribution is -0.127. The molecule has 2 N–H and O–H groups in total. The number of ether oxygens (including phenoxy) is 2. The van der Waals surface area contributed by atoms with Crippen LogP contribution in [0.1, 0.15) is 32.4 Å². The van der Waals surface area contributed by atoms with Crippen molar-refractivity contribution in [2.24, 2.45) is 10.9 Å². The fourth-order valence-electron chi connectivity index (χ4n) is 2.12. The second-order valence-corrected chi connectivity index (χ2v) is 7.01. The highest BCUT2D eigenvalue weighted by Crippen LogP contribution is 2.18. The largest absolute Gasteiger partial charge is 0.493 e. The normalized spacial score (nSPS) is 12.2. The molecule has 1 unspecified atom stereocenters. The molecule has 0 aliphatic rings. The average Bonchev–Trinajstić information content (AvgIpc) is 2.64. The number of aliphatic imine (C=N–C) groups is 1. The van der Waals surface area contributed by atoms with Crippen LogP contribution in [0, 0.1) is 5.92 Å². The Kier molecular flexibility index (Phi) is 13.6. The first-order chi connectivity index (χ1) is 12.8. The van der Waals surface area contributed by atoms with Crippen molar-refractivity contribution in [2.45, 2.75) is 26.8 Å². The third-order valence-electron chi connectivity index (χ3n) is 3.79. The van der Waals surface area contributed by atoms with E-state index in [0.29, 0.717) is 31.6 Å². The van der Waals surface area contributed by atoms with E-state index >= 15 is 0 Å². The summed E-state index contributed by atoms with van der Waals surface area (Å²) in [5.74, 6) is 1.88. The summed E-state index contributed by atoms with van der Waals surface area (Å²) in [5.41, 5.74) is 1.10. The van der Waals surface area contributed by atoms with Gasteiger partial charge in [0.15, 0.2) is 5.96 Å². The van der Waals surface area contributed by atoms with E-state index in [1.54, 1.807) is 21.2 Å². The third-order valence-corrected chi connectivity index (χ3v) is 3.79. The molecule has 1 aromatic carbocycles. The van der Waals surface area contributed by atoms with Gasteiger partial charge in [-0.2, -0.15) is 0 Å². The minimum absolute atomic E-state index is 0. The Morgan fingerprint density at radius 2 is 1.82 bits per heavy atom. The highest BCUT2D eigenvalue weighted by Gasteiger charge is 2.10. The minimum atomic E-state index is -0.0536. The molecule has 0 saturated carbocycles. The predicted molar refractivity (Wildman–Crippen MR) is 125 cm³/mol. The molecule has 1 rings (SSSR count). The molecule has 1 atom stereocenters. The van der Waals surface area contributed by atoms with Gasteiger partial charge < -0.3 is 25.0 Å². The fraction of sp³-hybridized carbons (Fsp3) is 0.600. The standard InChI is InChI=1S/C20H34N4O3.HI/c1-15(2)14-27-18-9-7-17(8-10-18)16(3)23-20(21-11-12-26-6)22-13-19(25)24(4)5;/h7-10,15-16H,11-14H2,1-6H3,(H2,21,22,23);1H. The van der Waals surface area contributed by atoms with Crippen molar-refractivity contribution in [3.8, 4) is 5.75 Å². The fourth-order valence-corrected chi connectivity index (χ4v) is 2.12. The van der Waals surface area contributed by atoms with E-state index in [1.165, 1.54) is 4.90 Å². The summed E-state index contributed by atoms with van der Waals surface area (Å²) in [6.45, 7) is 8.24. The Hall–Kier alpha value is -1.55. The van der Waals surface area contributed by atoms with Gasteiger partial charge in [-0.1, -0.05) is 26.0 Å². The molecule has 0 saturated heterocycles. The summed E-state index contributed by atoms with van der Waals surface area (Å²) in [5, 5.41) is 6.51. The van der Waals surface area contributed by atoms with Crippen LogP contribution in [0.2, 0.25) is 0 Å². The number of nitrogens with zero attached hydrogens (tertiary/aromatic N) is 2. The smallest absolute Gasteiger partial charge is 0.243 e. The zero-order valence-electron chi connectivity index (χ0n) is 17.8. The van der Waals surface area contributed by atoms with Gasteiger partial charge in [0.1, 0.15) is 12.3 Å². The van der Waals surface area contributed by atoms with Crippen LogP contribution in [0.15, 0.2) is 29.3 Å². The highest BCUT2D eigenvalue weighted by atomic mass is 127. The summed E-state index contributed by atoms with van der Waals surface area (Å²) in [6, 6.07) is 8.03. The predicted octanol–water partition coefficient (Wildman–Crippen LogP) is 2.67. The lowest BCUT2D eigenvalue weighted by Gasteiger charge is -2.19. The lowest BCUT2D eigenvalue weighted by Crippen LogP contribution is -2.41. The van der Waals surface area contributed by atoms with Gasteiger partial charge in [-0.25, -0.2) is 4.99 Å². The number of benzene rings is 1. The summed E-state index contributed by atoms with van der Waals surface area (Å²) in [6.07, 6.45) is 0. The van der Waals surface area contributed by atoms with Crippen LogP contribution in [0.4, 0.5) is 0 Å². The molecule has 0 aromatic heterocycles. The molecule has 0 aliphatic heterocycles. The number of likely N-dealkylation sites (N-methyl/N-ethyl adjacent to an activating group) is 1. The van der Waals surface area contributed by atoms with Crippen LogP contribution >= 0.6 is 24.0 Å². The van der Waals surface area contributed by atoms with Crippen molar-refractivity contribution >= 4 is 35.8 Å². The molecule has 1 aromatic rings. The molecular weight excluding hydrogens is 471 g/mol. The Balaban J connectivity index is 0.00000729. The zero-order chi connectivity index (χ0) is 20.2. The van der Waals surface area contributed by atoms with Gasteiger partial charge in [-0.3, -0.25) is 4.79 Å². The van der Waals surface area contributed by atoms with E-state index in [-0.39, 0.29) is 42.5 Å². The number of methoxy groups -OCH3 is 1. The first-order valence-electron chi connectivity index (χ1n) is 9.30. The topological polar surface area (TPSA) is 75.2 Å². The number of guanidine groups is 1. The van der Waals surface area contributed by atoms with Gasteiger partial charge in [0.25, 0.3) is 0 Å². The van der Waals surface area contributed by atoms with Crippen LogP contribution in [-0.2, 0) is 9.53 Å². The number of rotatable bonds is 10. The van der Waals surface area contributed by atoms with E-state index in [2.05, 4.69) is 29.5 Å². The van der Waals surface area contributed by atoms with Crippen LogP contribution in [0.5, 0.6) is 5.75 Å². The van der Waals surface area contributed by atoms with Crippen LogP contribution in [-0.4, -0.2) is 64.3 Å². The summed E-state index contributed by atoms with van der Waals surface area (Å²) >= 11 is 0. The summed E-state index contributed by atoms with van der Waals surface area (Å²) < 4.78 is 10.8. The number of hydrogen-bond acceptors (Lipinski definition) is 4. The Morgan fingerprint density at radius 1 is 1.18 bits per heavy atom. The molecule has 7 nitrogen and oxygen atoms in total. The Bertz CT molecular complexity index is 592. The third kappa shape index (κ3) is 10.7. The molecule has 1 amide bonds. The quantitative estimate of drug-likeness (QED) is 0.221. The molecule has 0 heterocycles. The molecule has 160 valence electrons. The van der Waals surface area contributed by atoms with Crippen molar-refractivity contribution in [1.82, 2.24) is 15.5 Å². The molecule has 0 fully saturated rings. The van der Waals surface area contributed by atoms with Crippen LogP contribution in [0.25, 0.3) is 0 Å². The van der Waals surface area contributed by atoms with E-state index in [9.17, 15) is 4.79 Å². The Labute approximate surface area is 186 Å². The average molecular weight is 506 g/mol. The Morgan fingerprint density at radius 3 is 2.36 bits per heavy atom. The molecule has 28 heavy (non-hydrogen) atoms. The lowest BCUT2D eigenvalue weighted by atomic mass is 10.1. The number of carbonyl (C=O) groups is 1. The van der Waals surface area contributed by atoms with Crippen molar-refractivity contribution < 1.29 is 14.3 Å². The number of hydrogen-bond donors (Lipinski definition) is 2. The monoisotopic (exact) mass is 506 g/mol. The SMILES string of the molecule is COCCNC(=NCC(=O)N(C)C)NC(C)c1ccc(OCC(C)C)cc1.I. The maximum absolute atomic E-state index is 11.8. The summed E-state index contributed by atoms with van der Waals surface area (Å²) in [4.78, 5) is 17.7. The highest BCUT2D eigenvalue weighted by molar-refractivity contribution is 14.0. The molecule has 0 radical (unpaired) electrons. The van der Waals surface area contributed by atoms with Gasteiger partial charge in [0.2, 0.25) is 5.91 Å². The zero-order valence-corrected chi connectivity index (χ0v) is 20.2. The van der Waals surface area contributed by atoms with Gasteiger partial charge in [-0.15, -0.1) is 24.0 Å². The number of halogens is 1. The second kappa shape index (κ2) is 14.4. The molecule has 0 aliphatic carbocycles. The van der Waals surface area contributed by atoms with Gasteiger partial charge >= 0.3 is 0 Å². The number of amides is 1. The minimum Gasteiger partial charge on any atom is -0.493 e. The van der Waals surface area contributed by atoms with Crippen LogP contribution < -0.4 is 15.4 Å². The molecular formula is C20H35IN4O3. The second-order valence-electron chi connectivity index (χ2n) is 7.01. The van der Waals surface area contributed by atoms with Crippen molar-refractivity contribution in [3.05, 3.63) is 29.8 Å². The number of nitrogens with one attached hydrogen (secondary N) is 2. The van der Waals surface area contributed by atoms with E-state index in [0.717, 1.165) is 11.3 Å². The van der Waals surface area contributed by atoms with Gasteiger partial charge in [-0.05, 0) is 30.5 Å². The molecule has 0 bridgehead atoms. The van der Waals surface area contributed by atoms with Crippen LogP contribution in [0.3, 0.4) is 0 Å². The molecule has 8 heteroatoms. The van der Waals surface area contributed by atoms with Crippen molar-refractivity contribution in [2.75, 3.05) is 47.5 Å². The first-order valence-corrected chi connectivity index (χ1v) is 9.30. The maximum Gasteiger partial charge on any atom is 0.243 e. The molecule has 0 spiro atoms. The van der Waals surface area contributed by atoms with Crippen molar-refractivity contribution in [1.29, 1.82) is 0 Å². The van der Waals surface area contributed by atoms with E-state index in [4.69, 9.17) is 9.47 Å². The van der Waals surface area contributed by atoms with E-state index < -0.39 is 0 Å². The van der Waals surface area contributed by atoms with Crippen molar-refractivity contribution in [3.63, 3.8) is 0 Å².